The highest BCUT2D eigenvalue weighted by Gasteiger charge is 2.47. The van der Waals surface area contributed by atoms with Crippen molar-refractivity contribution in [3.05, 3.63) is 29.3 Å². The standard InChI is InChI=1S/C19H27ClN2O4/c1-3-4-5-6-11-19(2)17(24)22(18(25)21-19)12-15(23)13-26-16-9-7-14(20)8-10-16/h7-10,15,23H,3-6,11-13H2,1-2H3,(H,21,25)/t15-,19+/m1/s1. The molecule has 0 bridgehead atoms. The number of unbranched alkanes of at least 4 members (excludes halogenated alkanes) is 3. The van der Waals surface area contributed by atoms with Gasteiger partial charge in [0.05, 0.1) is 6.54 Å². The number of hydrogen-bond donors (Lipinski definition) is 2. The molecule has 1 aliphatic rings. The number of benzene rings is 1. The molecule has 26 heavy (non-hydrogen) atoms. The van der Waals surface area contributed by atoms with Crippen molar-refractivity contribution in [2.75, 3.05) is 13.2 Å². The number of aliphatic hydroxyl groups is 1. The Morgan fingerprint density at radius 2 is 1.92 bits per heavy atom. The Labute approximate surface area is 159 Å². The quantitative estimate of drug-likeness (QED) is 0.480. The molecule has 0 saturated carbocycles. The average Bonchev–Trinajstić information content (AvgIpc) is 2.82. The van der Waals surface area contributed by atoms with Gasteiger partial charge in [0.1, 0.15) is 24.0 Å². The molecule has 1 aliphatic heterocycles. The van der Waals surface area contributed by atoms with Crippen LogP contribution in [0, 0.1) is 0 Å². The third kappa shape index (κ3) is 5.35. The molecule has 0 spiro atoms. The Morgan fingerprint density at radius 1 is 1.23 bits per heavy atom. The summed E-state index contributed by atoms with van der Waals surface area (Å²) in [5.41, 5.74) is -0.887. The van der Waals surface area contributed by atoms with Crippen LogP contribution in [0.5, 0.6) is 5.75 Å². The summed E-state index contributed by atoms with van der Waals surface area (Å²) in [5, 5.41) is 13.5. The number of ether oxygens (including phenoxy) is 1. The van der Waals surface area contributed by atoms with Crippen LogP contribution >= 0.6 is 11.6 Å². The van der Waals surface area contributed by atoms with Gasteiger partial charge < -0.3 is 15.2 Å². The van der Waals surface area contributed by atoms with Crippen molar-refractivity contribution >= 4 is 23.5 Å². The summed E-state index contributed by atoms with van der Waals surface area (Å²) in [5.74, 6) is 0.274. The highest BCUT2D eigenvalue weighted by Crippen LogP contribution is 2.24. The topological polar surface area (TPSA) is 78.9 Å². The van der Waals surface area contributed by atoms with E-state index >= 15 is 0 Å². The second kappa shape index (κ2) is 9.24. The summed E-state index contributed by atoms with van der Waals surface area (Å²) in [6.45, 7) is 3.75. The van der Waals surface area contributed by atoms with E-state index in [4.69, 9.17) is 16.3 Å². The van der Waals surface area contributed by atoms with Gasteiger partial charge in [0.2, 0.25) is 0 Å². The van der Waals surface area contributed by atoms with Gasteiger partial charge >= 0.3 is 6.03 Å². The van der Waals surface area contributed by atoms with Gasteiger partial charge in [-0.1, -0.05) is 44.2 Å². The van der Waals surface area contributed by atoms with Crippen LogP contribution in [0.1, 0.15) is 46.0 Å². The molecule has 0 radical (unpaired) electrons. The zero-order valence-electron chi connectivity index (χ0n) is 15.3. The molecule has 1 heterocycles. The number of urea groups is 1. The predicted molar refractivity (Wildman–Crippen MR) is 100 cm³/mol. The monoisotopic (exact) mass is 382 g/mol. The molecule has 2 N–H and O–H groups in total. The molecule has 1 saturated heterocycles. The summed E-state index contributed by atoms with van der Waals surface area (Å²) in [4.78, 5) is 25.9. The van der Waals surface area contributed by atoms with Gasteiger partial charge in [-0.2, -0.15) is 0 Å². The number of amides is 3. The molecule has 1 aromatic carbocycles. The van der Waals surface area contributed by atoms with Crippen molar-refractivity contribution in [2.45, 2.75) is 57.6 Å². The summed E-state index contributed by atoms with van der Waals surface area (Å²) >= 11 is 5.81. The SMILES string of the molecule is CCCCCC[C@]1(C)NC(=O)N(C[C@@H](O)COc2ccc(Cl)cc2)C1=O. The van der Waals surface area contributed by atoms with Crippen molar-refractivity contribution in [3.8, 4) is 5.75 Å². The number of rotatable bonds is 10. The molecule has 0 aliphatic carbocycles. The third-order valence-corrected chi connectivity index (χ3v) is 4.78. The lowest BCUT2D eigenvalue weighted by Crippen LogP contribution is -2.45. The minimum absolute atomic E-state index is 0.0219. The summed E-state index contributed by atoms with van der Waals surface area (Å²) in [6.07, 6.45) is 3.78. The van der Waals surface area contributed by atoms with Gasteiger partial charge in [0.15, 0.2) is 0 Å². The second-order valence-electron chi connectivity index (χ2n) is 6.91. The van der Waals surface area contributed by atoms with Crippen LogP contribution < -0.4 is 10.1 Å². The highest BCUT2D eigenvalue weighted by atomic mass is 35.5. The van der Waals surface area contributed by atoms with Crippen LogP contribution in [0.25, 0.3) is 0 Å². The molecule has 2 rings (SSSR count). The number of nitrogens with one attached hydrogen (secondary N) is 1. The first-order valence-electron chi connectivity index (χ1n) is 9.06. The van der Waals surface area contributed by atoms with Crippen molar-refractivity contribution in [3.63, 3.8) is 0 Å². The van der Waals surface area contributed by atoms with Gasteiger partial charge in [-0.15, -0.1) is 0 Å². The fourth-order valence-corrected chi connectivity index (χ4v) is 3.10. The van der Waals surface area contributed by atoms with Crippen LogP contribution in [0.15, 0.2) is 24.3 Å². The van der Waals surface area contributed by atoms with E-state index in [0.717, 1.165) is 30.6 Å². The number of halogens is 1. The van der Waals surface area contributed by atoms with E-state index in [2.05, 4.69) is 12.2 Å². The number of hydrogen-bond acceptors (Lipinski definition) is 4. The number of aliphatic hydroxyl groups excluding tert-OH is 1. The lowest BCUT2D eigenvalue weighted by atomic mass is 9.94. The fraction of sp³-hybridized carbons (Fsp3) is 0.579. The van der Waals surface area contributed by atoms with Gasteiger partial charge in [0.25, 0.3) is 5.91 Å². The molecule has 0 aromatic heterocycles. The summed E-state index contributed by atoms with van der Waals surface area (Å²) in [6, 6.07) is 6.29. The molecule has 144 valence electrons. The van der Waals surface area contributed by atoms with E-state index in [-0.39, 0.29) is 19.1 Å². The molecule has 7 heteroatoms. The summed E-state index contributed by atoms with van der Waals surface area (Å²) < 4.78 is 5.47. The fourth-order valence-electron chi connectivity index (χ4n) is 2.97. The lowest BCUT2D eigenvalue weighted by molar-refractivity contribution is -0.132. The number of β-amino-alcohol motifs (C(OH)–C–C–N with tert-alkyl or cyclic N) is 1. The molecule has 6 nitrogen and oxygen atoms in total. The van der Waals surface area contributed by atoms with Crippen LogP contribution in [0.3, 0.4) is 0 Å². The molecular formula is C19H27ClN2O4. The van der Waals surface area contributed by atoms with Crippen LogP contribution in [0.2, 0.25) is 5.02 Å². The predicted octanol–water partition coefficient (Wildman–Crippen LogP) is 3.36. The zero-order valence-corrected chi connectivity index (χ0v) is 16.1. The zero-order chi connectivity index (χ0) is 19.2. The van der Waals surface area contributed by atoms with Gasteiger partial charge in [-0.25, -0.2) is 4.79 Å². The Balaban J connectivity index is 1.84. The lowest BCUT2D eigenvalue weighted by Gasteiger charge is -2.22. The maximum Gasteiger partial charge on any atom is 0.325 e. The van der Waals surface area contributed by atoms with Gasteiger partial charge in [-0.05, 0) is 37.6 Å². The maximum atomic E-state index is 12.6. The van der Waals surface area contributed by atoms with E-state index in [1.807, 2.05) is 0 Å². The van der Waals surface area contributed by atoms with E-state index in [1.165, 1.54) is 0 Å². The maximum absolute atomic E-state index is 12.6. The summed E-state index contributed by atoms with van der Waals surface area (Å²) in [7, 11) is 0. The Bertz CT molecular complexity index is 622. The molecule has 2 atom stereocenters. The van der Waals surface area contributed by atoms with E-state index in [9.17, 15) is 14.7 Å². The molecule has 1 fully saturated rings. The van der Waals surface area contributed by atoms with Gasteiger partial charge in [0, 0.05) is 5.02 Å². The van der Waals surface area contributed by atoms with Gasteiger partial charge in [-0.3, -0.25) is 9.69 Å². The Morgan fingerprint density at radius 3 is 2.58 bits per heavy atom. The number of nitrogens with zero attached hydrogens (tertiary/aromatic N) is 1. The third-order valence-electron chi connectivity index (χ3n) is 4.52. The van der Waals surface area contributed by atoms with E-state index < -0.39 is 17.7 Å². The minimum Gasteiger partial charge on any atom is -0.491 e. The Hall–Kier alpha value is -1.79. The molecule has 3 amide bonds. The Kier molecular flexibility index (Phi) is 7.29. The van der Waals surface area contributed by atoms with Crippen molar-refractivity contribution in [1.29, 1.82) is 0 Å². The van der Waals surface area contributed by atoms with Crippen LogP contribution in [-0.4, -0.2) is 46.7 Å². The first-order chi connectivity index (χ1) is 12.4. The molecular weight excluding hydrogens is 356 g/mol. The number of carbonyl (C=O) groups excluding carboxylic acids is 2. The number of carbonyl (C=O) groups is 2. The minimum atomic E-state index is -0.970. The van der Waals surface area contributed by atoms with Crippen molar-refractivity contribution in [1.82, 2.24) is 10.2 Å². The van der Waals surface area contributed by atoms with E-state index in [0.29, 0.717) is 17.2 Å². The normalized spacial score (nSPS) is 21.0. The first kappa shape index (κ1) is 20.5. The van der Waals surface area contributed by atoms with E-state index in [1.54, 1.807) is 31.2 Å². The number of imide groups is 1. The highest BCUT2D eigenvalue weighted by molar-refractivity contribution is 6.30. The molecule has 0 unspecified atom stereocenters. The molecule has 1 aromatic rings. The van der Waals surface area contributed by atoms with Crippen molar-refractivity contribution < 1.29 is 19.4 Å². The smallest absolute Gasteiger partial charge is 0.325 e. The largest absolute Gasteiger partial charge is 0.491 e. The van der Waals surface area contributed by atoms with Crippen LogP contribution in [-0.2, 0) is 4.79 Å². The second-order valence-corrected chi connectivity index (χ2v) is 7.34. The first-order valence-corrected chi connectivity index (χ1v) is 9.44. The average molecular weight is 383 g/mol. The van der Waals surface area contributed by atoms with Crippen LogP contribution in [0.4, 0.5) is 4.79 Å². The van der Waals surface area contributed by atoms with Crippen molar-refractivity contribution in [2.24, 2.45) is 0 Å².